The second kappa shape index (κ2) is 6.42. The first kappa shape index (κ1) is 12.9. The minimum Gasteiger partial charge on any atom is -0.496 e. The average Bonchev–Trinajstić information content (AvgIpc) is 2.29. The van der Waals surface area contributed by atoms with Gasteiger partial charge >= 0.3 is 0 Å². The van der Waals surface area contributed by atoms with Crippen LogP contribution in [0.25, 0.3) is 0 Å². The Hall–Kier alpha value is -1.17. The van der Waals surface area contributed by atoms with Crippen molar-refractivity contribution in [3.05, 3.63) is 28.8 Å². The summed E-state index contributed by atoms with van der Waals surface area (Å²) in [6.07, 6.45) is 7.72. The molecule has 0 aliphatic rings. The predicted octanol–water partition coefficient (Wildman–Crippen LogP) is 3.15. The molecule has 0 aliphatic heterocycles. The molecular weight excluding hydrogens is 222 g/mol. The zero-order valence-electron chi connectivity index (χ0n) is 9.37. The second-order valence-corrected chi connectivity index (χ2v) is 4.03. The van der Waals surface area contributed by atoms with Crippen molar-refractivity contribution in [2.45, 2.75) is 25.3 Å². The Kier molecular flexibility index (Phi) is 5.18. The van der Waals surface area contributed by atoms with Crippen molar-refractivity contribution in [3.63, 3.8) is 0 Å². The van der Waals surface area contributed by atoms with Gasteiger partial charge in [-0.15, -0.1) is 12.3 Å². The molecule has 0 aromatic heterocycles. The first-order valence-electron chi connectivity index (χ1n) is 5.21. The Labute approximate surface area is 102 Å². The third kappa shape index (κ3) is 3.44. The molecule has 0 fully saturated rings. The Morgan fingerprint density at radius 3 is 2.94 bits per heavy atom. The van der Waals surface area contributed by atoms with Gasteiger partial charge in [0.25, 0.3) is 0 Å². The van der Waals surface area contributed by atoms with Gasteiger partial charge < -0.3 is 10.5 Å². The molecule has 0 aliphatic carbocycles. The van der Waals surface area contributed by atoms with E-state index in [1.165, 1.54) is 0 Å². The fourth-order valence-electron chi connectivity index (χ4n) is 1.57. The summed E-state index contributed by atoms with van der Waals surface area (Å²) in [4.78, 5) is 0. The molecule has 0 saturated heterocycles. The summed E-state index contributed by atoms with van der Waals surface area (Å²) in [5.74, 6) is 3.34. The number of ether oxygens (including phenoxy) is 1. The van der Waals surface area contributed by atoms with Crippen LogP contribution in [-0.4, -0.2) is 7.11 Å². The summed E-state index contributed by atoms with van der Waals surface area (Å²) >= 11 is 5.88. The smallest absolute Gasteiger partial charge is 0.125 e. The topological polar surface area (TPSA) is 35.2 Å². The Balaban J connectivity index is 2.74. The molecule has 3 heteroatoms. The van der Waals surface area contributed by atoms with Crippen LogP contribution in [0.5, 0.6) is 5.75 Å². The zero-order chi connectivity index (χ0) is 12.0. The van der Waals surface area contributed by atoms with E-state index < -0.39 is 0 Å². The van der Waals surface area contributed by atoms with Gasteiger partial charge in [-0.25, -0.2) is 0 Å². The van der Waals surface area contributed by atoms with Crippen LogP contribution in [0.1, 0.15) is 30.9 Å². The van der Waals surface area contributed by atoms with E-state index in [0.29, 0.717) is 5.02 Å². The molecule has 0 heterocycles. The standard InChI is InChI=1S/C13H16ClNO/c1-3-4-5-6-12(15)11-8-7-10(14)9-13(11)16-2/h1,7-9,12H,4-6,15H2,2H3. The quantitative estimate of drug-likeness (QED) is 0.631. The summed E-state index contributed by atoms with van der Waals surface area (Å²) in [7, 11) is 1.61. The van der Waals surface area contributed by atoms with Gasteiger partial charge in [0, 0.05) is 23.0 Å². The van der Waals surface area contributed by atoms with E-state index in [-0.39, 0.29) is 6.04 Å². The van der Waals surface area contributed by atoms with Gasteiger partial charge in [0.1, 0.15) is 5.75 Å². The van der Waals surface area contributed by atoms with E-state index in [1.54, 1.807) is 13.2 Å². The largest absolute Gasteiger partial charge is 0.496 e. The lowest BCUT2D eigenvalue weighted by Gasteiger charge is -2.15. The maximum Gasteiger partial charge on any atom is 0.125 e. The Morgan fingerprint density at radius 1 is 1.56 bits per heavy atom. The molecule has 0 radical (unpaired) electrons. The number of rotatable bonds is 5. The van der Waals surface area contributed by atoms with Crippen molar-refractivity contribution in [1.82, 2.24) is 0 Å². The minimum atomic E-state index is -0.0550. The Morgan fingerprint density at radius 2 is 2.31 bits per heavy atom. The molecule has 1 unspecified atom stereocenters. The van der Waals surface area contributed by atoms with E-state index in [1.807, 2.05) is 12.1 Å². The minimum absolute atomic E-state index is 0.0550. The molecule has 86 valence electrons. The van der Waals surface area contributed by atoms with Gasteiger partial charge in [0.05, 0.1) is 7.11 Å². The van der Waals surface area contributed by atoms with Crippen LogP contribution in [0.15, 0.2) is 18.2 Å². The molecule has 0 saturated carbocycles. The SMILES string of the molecule is C#CCCCC(N)c1ccc(Cl)cc1OC. The lowest BCUT2D eigenvalue weighted by atomic mass is 10.0. The monoisotopic (exact) mass is 237 g/mol. The Bertz CT molecular complexity index is 384. The fourth-order valence-corrected chi connectivity index (χ4v) is 1.73. The van der Waals surface area contributed by atoms with Crippen LogP contribution in [-0.2, 0) is 0 Å². The fraction of sp³-hybridized carbons (Fsp3) is 0.385. The van der Waals surface area contributed by atoms with E-state index in [2.05, 4.69) is 5.92 Å². The number of terminal acetylenes is 1. The molecular formula is C13H16ClNO. The highest BCUT2D eigenvalue weighted by molar-refractivity contribution is 6.30. The number of unbranched alkanes of at least 4 members (excludes halogenated alkanes) is 1. The normalized spacial score (nSPS) is 11.9. The molecule has 1 atom stereocenters. The summed E-state index contributed by atoms with van der Waals surface area (Å²) in [5, 5.41) is 0.649. The van der Waals surface area contributed by atoms with Crippen LogP contribution >= 0.6 is 11.6 Å². The highest BCUT2D eigenvalue weighted by Gasteiger charge is 2.11. The third-order valence-electron chi connectivity index (χ3n) is 2.43. The molecule has 1 aromatic rings. The van der Waals surface area contributed by atoms with E-state index in [4.69, 9.17) is 28.5 Å². The number of halogens is 1. The average molecular weight is 238 g/mol. The maximum atomic E-state index is 6.07. The second-order valence-electron chi connectivity index (χ2n) is 3.59. The van der Waals surface area contributed by atoms with Gasteiger partial charge in [0.2, 0.25) is 0 Å². The van der Waals surface area contributed by atoms with Crippen molar-refractivity contribution in [2.24, 2.45) is 5.73 Å². The number of benzene rings is 1. The van der Waals surface area contributed by atoms with Crippen LogP contribution in [0.4, 0.5) is 0 Å². The van der Waals surface area contributed by atoms with Gasteiger partial charge in [-0.05, 0) is 25.0 Å². The molecule has 16 heavy (non-hydrogen) atoms. The van der Waals surface area contributed by atoms with Crippen molar-refractivity contribution in [2.75, 3.05) is 7.11 Å². The molecule has 1 aromatic carbocycles. The summed E-state index contributed by atoms with van der Waals surface area (Å²) in [6.45, 7) is 0. The predicted molar refractivity (Wildman–Crippen MR) is 67.6 cm³/mol. The third-order valence-corrected chi connectivity index (χ3v) is 2.67. The summed E-state index contributed by atoms with van der Waals surface area (Å²) in [6, 6.07) is 5.45. The van der Waals surface area contributed by atoms with Crippen molar-refractivity contribution in [3.8, 4) is 18.1 Å². The maximum absolute atomic E-state index is 6.07. The highest BCUT2D eigenvalue weighted by atomic mass is 35.5. The molecule has 0 bridgehead atoms. The van der Waals surface area contributed by atoms with Crippen molar-refractivity contribution < 1.29 is 4.74 Å². The number of hydrogen-bond donors (Lipinski definition) is 1. The molecule has 0 spiro atoms. The molecule has 2 nitrogen and oxygen atoms in total. The lowest BCUT2D eigenvalue weighted by molar-refractivity contribution is 0.404. The van der Waals surface area contributed by atoms with Crippen LogP contribution in [0, 0.1) is 12.3 Å². The highest BCUT2D eigenvalue weighted by Crippen LogP contribution is 2.29. The van der Waals surface area contributed by atoms with Crippen molar-refractivity contribution >= 4 is 11.6 Å². The number of methoxy groups -OCH3 is 1. The van der Waals surface area contributed by atoms with Crippen LogP contribution < -0.4 is 10.5 Å². The lowest BCUT2D eigenvalue weighted by Crippen LogP contribution is -2.11. The van der Waals surface area contributed by atoms with Gasteiger partial charge in [-0.3, -0.25) is 0 Å². The first-order valence-corrected chi connectivity index (χ1v) is 5.59. The number of nitrogens with two attached hydrogens (primary N) is 1. The van der Waals surface area contributed by atoms with Crippen molar-refractivity contribution in [1.29, 1.82) is 0 Å². The molecule has 2 N–H and O–H groups in total. The van der Waals surface area contributed by atoms with Crippen LogP contribution in [0.3, 0.4) is 0 Å². The van der Waals surface area contributed by atoms with Gasteiger partial charge in [-0.2, -0.15) is 0 Å². The number of hydrogen-bond acceptors (Lipinski definition) is 2. The van der Waals surface area contributed by atoms with E-state index in [9.17, 15) is 0 Å². The van der Waals surface area contributed by atoms with E-state index in [0.717, 1.165) is 30.6 Å². The van der Waals surface area contributed by atoms with E-state index >= 15 is 0 Å². The summed E-state index contributed by atoms with van der Waals surface area (Å²) in [5.41, 5.74) is 7.05. The summed E-state index contributed by atoms with van der Waals surface area (Å²) < 4.78 is 5.25. The zero-order valence-corrected chi connectivity index (χ0v) is 10.1. The molecule has 1 rings (SSSR count). The van der Waals surface area contributed by atoms with Gasteiger partial charge in [-0.1, -0.05) is 17.7 Å². The van der Waals surface area contributed by atoms with Gasteiger partial charge in [0.15, 0.2) is 0 Å². The molecule has 0 amide bonds. The first-order chi connectivity index (χ1) is 7.69. The van der Waals surface area contributed by atoms with Crippen LogP contribution in [0.2, 0.25) is 5.02 Å².